The predicted molar refractivity (Wildman–Crippen MR) is 303 cm³/mol. The van der Waals surface area contributed by atoms with Crippen LogP contribution in [-0.4, -0.2) is 96.7 Å². The van der Waals surface area contributed by atoms with E-state index in [4.69, 9.17) is 37.0 Å². The van der Waals surface area contributed by atoms with Gasteiger partial charge in [0.05, 0.1) is 26.4 Å². The fraction of sp³-hybridized carbons (Fsp3) is 0.931. The minimum atomic E-state index is -4.94. The highest BCUT2D eigenvalue weighted by atomic mass is 31.2. The van der Waals surface area contributed by atoms with Gasteiger partial charge in [0.15, 0.2) is 12.2 Å². The number of hydrogen-bond donors (Lipinski definition) is 3. The van der Waals surface area contributed by atoms with Crippen molar-refractivity contribution in [2.75, 3.05) is 39.6 Å². The Bertz CT molecular complexity index is 1520. The van der Waals surface area contributed by atoms with Crippen LogP contribution < -0.4 is 0 Å². The fourth-order valence-corrected chi connectivity index (χ4v) is 10.1. The second-order valence-electron chi connectivity index (χ2n) is 21.5. The number of hydrogen-bond acceptors (Lipinski definition) is 15. The predicted octanol–water partition coefficient (Wildman–Crippen LogP) is 15.5. The van der Waals surface area contributed by atoms with Crippen LogP contribution in [0.25, 0.3) is 0 Å². The van der Waals surface area contributed by atoms with E-state index in [0.29, 0.717) is 25.7 Å². The van der Waals surface area contributed by atoms with E-state index in [-0.39, 0.29) is 25.7 Å². The third-order valence-electron chi connectivity index (χ3n) is 13.3. The highest BCUT2D eigenvalue weighted by Gasteiger charge is 2.30. The zero-order valence-corrected chi connectivity index (χ0v) is 50.9. The molecule has 0 heterocycles. The summed E-state index contributed by atoms with van der Waals surface area (Å²) in [5, 5.41) is 10.5. The van der Waals surface area contributed by atoms with E-state index < -0.39 is 97.5 Å². The van der Waals surface area contributed by atoms with E-state index in [1.807, 2.05) is 0 Å². The summed E-state index contributed by atoms with van der Waals surface area (Å²) in [6, 6.07) is 0. The molecule has 0 aliphatic heterocycles. The van der Waals surface area contributed by atoms with Gasteiger partial charge in [-0.05, 0) is 31.6 Å². The van der Waals surface area contributed by atoms with Gasteiger partial charge >= 0.3 is 39.5 Å². The van der Waals surface area contributed by atoms with Crippen LogP contribution in [0.3, 0.4) is 0 Å². The van der Waals surface area contributed by atoms with Crippen molar-refractivity contribution in [1.29, 1.82) is 0 Å². The van der Waals surface area contributed by atoms with Gasteiger partial charge in [0.2, 0.25) is 0 Å². The molecule has 19 heteroatoms. The topological polar surface area (TPSA) is 237 Å². The summed E-state index contributed by atoms with van der Waals surface area (Å²) in [5.74, 6) is -1.39. The van der Waals surface area contributed by atoms with Gasteiger partial charge in [0.25, 0.3) is 0 Å². The molecule has 0 saturated heterocycles. The van der Waals surface area contributed by atoms with Crippen molar-refractivity contribution in [3.05, 3.63) is 0 Å². The first-order valence-corrected chi connectivity index (χ1v) is 33.6. The van der Waals surface area contributed by atoms with Gasteiger partial charge in [0.1, 0.15) is 19.3 Å². The zero-order chi connectivity index (χ0) is 57.1. The van der Waals surface area contributed by atoms with Crippen molar-refractivity contribution in [2.24, 2.45) is 5.92 Å². The Morgan fingerprint density at radius 1 is 0.351 bits per heavy atom. The normalized spacial score (nSPS) is 14.4. The number of ether oxygens (including phenoxy) is 4. The Labute approximate surface area is 467 Å². The Balaban J connectivity index is 5.16. The van der Waals surface area contributed by atoms with Gasteiger partial charge in [-0.1, -0.05) is 234 Å². The molecule has 0 aliphatic carbocycles. The number of rotatable bonds is 58. The number of aliphatic hydroxyl groups excluding tert-OH is 1. The van der Waals surface area contributed by atoms with Crippen molar-refractivity contribution in [1.82, 2.24) is 0 Å². The highest BCUT2D eigenvalue weighted by molar-refractivity contribution is 7.47. The summed E-state index contributed by atoms with van der Waals surface area (Å²) in [6.07, 6.45) is 33.9. The van der Waals surface area contributed by atoms with Crippen molar-refractivity contribution in [3.63, 3.8) is 0 Å². The second kappa shape index (κ2) is 52.2. The third kappa shape index (κ3) is 53.2. The Morgan fingerprint density at radius 2 is 0.597 bits per heavy atom. The largest absolute Gasteiger partial charge is 0.472 e. The molecule has 77 heavy (non-hydrogen) atoms. The maximum atomic E-state index is 12.9. The lowest BCUT2D eigenvalue weighted by atomic mass is 10.0. The molecular formula is C58H112O17P2. The molecule has 3 N–H and O–H groups in total. The second-order valence-corrected chi connectivity index (χ2v) is 24.4. The molecule has 17 nitrogen and oxygen atoms in total. The SMILES string of the molecule is CCCCCCCCCCCCCC(=O)OC[C@H](COP(=O)(O)OC[C@@H](O)COP(=O)(O)OC[C@@H](COC(=O)CCCCCCC)OC(=O)CCCCCCCCC)OC(=O)CCCCCCCCCCCCCC(C)C. The van der Waals surface area contributed by atoms with Crippen LogP contribution in [0.15, 0.2) is 0 Å². The lowest BCUT2D eigenvalue weighted by Crippen LogP contribution is -2.30. The van der Waals surface area contributed by atoms with Crippen molar-refractivity contribution >= 4 is 39.5 Å². The number of aliphatic hydroxyl groups is 1. The summed E-state index contributed by atoms with van der Waals surface area (Å²) in [4.78, 5) is 71.6. The average molecular weight is 1140 g/mol. The maximum absolute atomic E-state index is 12.9. The van der Waals surface area contributed by atoms with Crippen LogP contribution in [0.1, 0.15) is 285 Å². The average Bonchev–Trinajstić information content (AvgIpc) is 3.39. The minimum Gasteiger partial charge on any atom is -0.462 e. The molecule has 5 atom stereocenters. The van der Waals surface area contributed by atoms with Gasteiger partial charge in [-0.3, -0.25) is 37.3 Å². The molecule has 0 bridgehead atoms. The number of phosphoric ester groups is 2. The van der Waals surface area contributed by atoms with Crippen LogP contribution in [0, 0.1) is 5.92 Å². The first kappa shape index (κ1) is 75.1. The molecule has 0 rings (SSSR count). The molecule has 2 unspecified atom stereocenters. The van der Waals surface area contributed by atoms with E-state index in [1.54, 1.807) is 0 Å². The van der Waals surface area contributed by atoms with E-state index in [0.717, 1.165) is 115 Å². The lowest BCUT2D eigenvalue weighted by molar-refractivity contribution is -0.161. The number of phosphoric acid groups is 2. The molecule has 0 saturated carbocycles. The number of carbonyl (C=O) groups is 4. The molecule has 0 aromatic heterocycles. The van der Waals surface area contributed by atoms with Gasteiger partial charge in [0, 0.05) is 25.7 Å². The van der Waals surface area contributed by atoms with Crippen molar-refractivity contribution in [2.45, 2.75) is 303 Å². The summed E-state index contributed by atoms with van der Waals surface area (Å²) in [5.41, 5.74) is 0. The zero-order valence-electron chi connectivity index (χ0n) is 49.1. The Kier molecular flexibility index (Phi) is 50.8. The number of carbonyl (C=O) groups excluding carboxylic acids is 4. The molecule has 0 radical (unpaired) electrons. The number of unbranched alkanes of at least 4 members (excludes halogenated alkanes) is 30. The monoisotopic (exact) mass is 1140 g/mol. The van der Waals surface area contributed by atoms with Crippen LogP contribution >= 0.6 is 15.6 Å². The van der Waals surface area contributed by atoms with E-state index >= 15 is 0 Å². The van der Waals surface area contributed by atoms with Gasteiger partial charge < -0.3 is 33.8 Å². The van der Waals surface area contributed by atoms with Crippen molar-refractivity contribution in [3.8, 4) is 0 Å². The van der Waals surface area contributed by atoms with Crippen LogP contribution in [0.2, 0.25) is 0 Å². The first-order valence-electron chi connectivity index (χ1n) is 30.6. The van der Waals surface area contributed by atoms with Crippen LogP contribution in [0.5, 0.6) is 0 Å². The Morgan fingerprint density at radius 3 is 0.883 bits per heavy atom. The summed E-state index contributed by atoms with van der Waals surface area (Å²) < 4.78 is 67.4. The first-order chi connectivity index (χ1) is 37.0. The third-order valence-corrected chi connectivity index (χ3v) is 15.2. The highest BCUT2D eigenvalue weighted by Crippen LogP contribution is 2.45. The van der Waals surface area contributed by atoms with E-state index in [1.165, 1.54) is 89.9 Å². The summed E-state index contributed by atoms with van der Waals surface area (Å²) >= 11 is 0. The molecule has 0 aromatic carbocycles. The molecular weight excluding hydrogens is 1030 g/mol. The number of esters is 4. The van der Waals surface area contributed by atoms with Crippen LogP contribution in [0.4, 0.5) is 0 Å². The molecule has 0 fully saturated rings. The van der Waals surface area contributed by atoms with E-state index in [9.17, 15) is 43.2 Å². The lowest BCUT2D eigenvalue weighted by Gasteiger charge is -2.21. The molecule has 456 valence electrons. The van der Waals surface area contributed by atoms with Crippen LogP contribution in [-0.2, 0) is 65.4 Å². The van der Waals surface area contributed by atoms with Crippen molar-refractivity contribution < 1.29 is 80.2 Å². The molecule has 0 aromatic rings. The summed E-state index contributed by atoms with van der Waals surface area (Å²) in [7, 11) is -9.86. The fourth-order valence-electron chi connectivity index (χ4n) is 8.52. The molecule has 0 aliphatic rings. The quantitative estimate of drug-likeness (QED) is 0.0222. The Hall–Kier alpha value is -1.94. The van der Waals surface area contributed by atoms with Gasteiger partial charge in [-0.2, -0.15) is 0 Å². The summed E-state index contributed by atoms with van der Waals surface area (Å²) in [6.45, 7) is 7.01. The maximum Gasteiger partial charge on any atom is 0.472 e. The molecule has 0 spiro atoms. The van der Waals surface area contributed by atoms with E-state index in [2.05, 4.69) is 34.6 Å². The standard InChI is InChI=1S/C58H112O17P2/c1-6-9-12-15-17-18-20-24-28-32-37-42-56(61)69-48-54(75-58(63)44-39-34-29-25-22-19-21-23-27-31-35-40-51(4)5)50-73-77(66,67)71-46-52(59)45-70-76(64,65)72-49-53(47-68-55(60)41-36-30-14-11-8-3)74-57(62)43-38-33-26-16-13-10-7-2/h51-54,59H,6-50H2,1-5H3,(H,64,65)(H,66,67)/t52-,53+,54+/m0/s1. The minimum absolute atomic E-state index is 0.103. The van der Waals surface area contributed by atoms with Gasteiger partial charge in [-0.25, -0.2) is 9.13 Å². The molecule has 0 amide bonds. The van der Waals surface area contributed by atoms with Gasteiger partial charge in [-0.15, -0.1) is 0 Å². The smallest absolute Gasteiger partial charge is 0.462 e.